The number of anilines is 1. The minimum atomic E-state index is -3.66. The maximum absolute atomic E-state index is 12.3. The van der Waals surface area contributed by atoms with Crippen molar-refractivity contribution >= 4 is 38.3 Å². The second-order valence-corrected chi connectivity index (χ2v) is 7.79. The smallest absolute Gasteiger partial charge is 0.257 e. The molecule has 0 saturated carbocycles. The molecule has 0 unspecified atom stereocenters. The van der Waals surface area contributed by atoms with Crippen LogP contribution in [0.5, 0.6) is 0 Å². The van der Waals surface area contributed by atoms with E-state index in [2.05, 4.69) is 15.0 Å². The van der Waals surface area contributed by atoms with Gasteiger partial charge >= 0.3 is 0 Å². The van der Waals surface area contributed by atoms with Gasteiger partial charge in [0.2, 0.25) is 15.9 Å². The molecular formula is C15H18N4O4S2. The van der Waals surface area contributed by atoms with E-state index in [-0.39, 0.29) is 16.9 Å². The first kappa shape index (κ1) is 19.0. The third-order valence-corrected chi connectivity index (χ3v) is 5.34. The molecule has 0 bridgehead atoms. The van der Waals surface area contributed by atoms with Crippen LogP contribution in [0.3, 0.4) is 0 Å². The summed E-state index contributed by atoms with van der Waals surface area (Å²) in [5.74, 6) is -1.01. The zero-order valence-corrected chi connectivity index (χ0v) is 15.1. The Bertz CT molecular complexity index is 877. The van der Waals surface area contributed by atoms with Gasteiger partial charge in [-0.1, -0.05) is 13.0 Å². The van der Waals surface area contributed by atoms with Gasteiger partial charge in [0, 0.05) is 17.5 Å². The highest BCUT2D eigenvalue weighted by Crippen LogP contribution is 2.18. The number of nitrogens with one attached hydrogen (secondary N) is 2. The lowest BCUT2D eigenvalue weighted by Gasteiger charge is -2.07. The Balaban J connectivity index is 2.13. The molecule has 134 valence electrons. The van der Waals surface area contributed by atoms with Crippen molar-refractivity contribution in [3.63, 3.8) is 0 Å². The Hall–Kier alpha value is -2.30. The molecule has 4 N–H and O–H groups in total. The molecule has 0 radical (unpaired) electrons. The number of benzene rings is 1. The van der Waals surface area contributed by atoms with E-state index in [0.717, 1.165) is 11.3 Å². The van der Waals surface area contributed by atoms with Crippen molar-refractivity contribution in [3.05, 3.63) is 40.9 Å². The molecule has 0 aliphatic rings. The number of rotatable bonds is 8. The van der Waals surface area contributed by atoms with E-state index in [1.165, 1.54) is 24.3 Å². The molecule has 0 aliphatic carbocycles. The number of primary amides is 1. The first-order chi connectivity index (χ1) is 11.8. The van der Waals surface area contributed by atoms with Crippen molar-refractivity contribution in [3.8, 4) is 0 Å². The van der Waals surface area contributed by atoms with Crippen LogP contribution in [-0.2, 0) is 21.2 Å². The van der Waals surface area contributed by atoms with E-state index in [4.69, 9.17) is 5.73 Å². The van der Waals surface area contributed by atoms with Gasteiger partial charge in [-0.05, 0) is 24.6 Å². The summed E-state index contributed by atoms with van der Waals surface area (Å²) in [4.78, 5) is 27.3. The van der Waals surface area contributed by atoms with Gasteiger partial charge in [0.25, 0.3) is 5.91 Å². The molecular weight excluding hydrogens is 364 g/mol. The Morgan fingerprint density at radius 2 is 2.08 bits per heavy atom. The number of thiazole rings is 1. The van der Waals surface area contributed by atoms with E-state index in [9.17, 15) is 18.0 Å². The zero-order valence-electron chi connectivity index (χ0n) is 13.5. The molecule has 2 aromatic rings. The van der Waals surface area contributed by atoms with Crippen LogP contribution in [0.1, 0.15) is 29.4 Å². The Morgan fingerprint density at radius 3 is 2.76 bits per heavy atom. The van der Waals surface area contributed by atoms with Crippen molar-refractivity contribution in [2.75, 3.05) is 11.9 Å². The molecule has 8 nitrogen and oxygen atoms in total. The van der Waals surface area contributed by atoms with E-state index >= 15 is 0 Å². The molecule has 1 aromatic heterocycles. The summed E-state index contributed by atoms with van der Waals surface area (Å²) in [6, 6.07) is 5.72. The Kier molecular flexibility index (Phi) is 6.23. The molecule has 0 fully saturated rings. The van der Waals surface area contributed by atoms with Crippen molar-refractivity contribution in [2.45, 2.75) is 24.7 Å². The highest BCUT2D eigenvalue weighted by Gasteiger charge is 2.16. The summed E-state index contributed by atoms with van der Waals surface area (Å²) in [5.41, 5.74) is 5.75. The van der Waals surface area contributed by atoms with Crippen LogP contribution in [0.15, 0.2) is 34.5 Å². The van der Waals surface area contributed by atoms with Crippen LogP contribution in [0.2, 0.25) is 0 Å². The highest BCUT2D eigenvalue weighted by molar-refractivity contribution is 7.89. The molecule has 10 heteroatoms. The second-order valence-electron chi connectivity index (χ2n) is 5.17. The average Bonchev–Trinajstić information content (AvgIpc) is 2.99. The molecule has 0 aliphatic heterocycles. The van der Waals surface area contributed by atoms with Crippen molar-refractivity contribution in [2.24, 2.45) is 5.73 Å². The minimum absolute atomic E-state index is 0.0107. The standard InChI is InChI=1S/C15H18N4O4S2/c1-2-6-17-25(22,23)12-5-3-4-10(7-12)14(21)19-15-18-11(9-24-15)8-13(16)20/h3-5,7,9,17H,2,6,8H2,1H3,(H2,16,20)(H,18,19,21). The highest BCUT2D eigenvalue weighted by atomic mass is 32.2. The molecule has 0 spiro atoms. The largest absolute Gasteiger partial charge is 0.369 e. The molecule has 1 heterocycles. The lowest BCUT2D eigenvalue weighted by Crippen LogP contribution is -2.24. The number of carbonyl (C=O) groups excluding carboxylic acids is 2. The fourth-order valence-electron chi connectivity index (χ4n) is 1.92. The number of hydrogen-bond acceptors (Lipinski definition) is 6. The predicted octanol–water partition coefficient (Wildman–Crippen LogP) is 1.11. The summed E-state index contributed by atoms with van der Waals surface area (Å²) in [6.07, 6.45) is 0.653. The van der Waals surface area contributed by atoms with Crippen molar-refractivity contribution in [1.29, 1.82) is 0 Å². The number of carbonyl (C=O) groups is 2. The summed E-state index contributed by atoms with van der Waals surface area (Å²) >= 11 is 1.15. The lowest BCUT2D eigenvalue weighted by molar-refractivity contribution is -0.117. The fourth-order valence-corrected chi connectivity index (χ4v) is 3.80. The maximum atomic E-state index is 12.3. The average molecular weight is 382 g/mol. The van der Waals surface area contributed by atoms with Gasteiger partial charge in [0.05, 0.1) is 17.0 Å². The SMILES string of the molecule is CCCNS(=O)(=O)c1cccc(C(=O)Nc2nc(CC(N)=O)cs2)c1. The van der Waals surface area contributed by atoms with Gasteiger partial charge in [-0.2, -0.15) is 0 Å². The van der Waals surface area contributed by atoms with Gasteiger partial charge in [-0.25, -0.2) is 18.1 Å². The normalized spacial score (nSPS) is 11.2. The fraction of sp³-hybridized carbons (Fsp3) is 0.267. The Labute approximate surface area is 149 Å². The summed E-state index contributed by atoms with van der Waals surface area (Å²) in [7, 11) is -3.66. The lowest BCUT2D eigenvalue weighted by atomic mass is 10.2. The minimum Gasteiger partial charge on any atom is -0.369 e. The van der Waals surface area contributed by atoms with Gasteiger partial charge in [0.15, 0.2) is 5.13 Å². The van der Waals surface area contributed by atoms with Crippen molar-refractivity contribution in [1.82, 2.24) is 9.71 Å². The van der Waals surface area contributed by atoms with Gasteiger partial charge in [-0.15, -0.1) is 11.3 Å². The van der Waals surface area contributed by atoms with Crippen LogP contribution in [0, 0.1) is 0 Å². The van der Waals surface area contributed by atoms with Crippen LogP contribution < -0.4 is 15.8 Å². The number of sulfonamides is 1. The monoisotopic (exact) mass is 382 g/mol. The molecule has 0 saturated heterocycles. The summed E-state index contributed by atoms with van der Waals surface area (Å²) < 4.78 is 26.7. The summed E-state index contributed by atoms with van der Waals surface area (Å²) in [5, 5.41) is 4.50. The van der Waals surface area contributed by atoms with Crippen LogP contribution >= 0.6 is 11.3 Å². The van der Waals surface area contributed by atoms with E-state index in [1.54, 1.807) is 5.38 Å². The van der Waals surface area contributed by atoms with E-state index in [1.807, 2.05) is 6.92 Å². The van der Waals surface area contributed by atoms with E-state index < -0.39 is 21.8 Å². The number of aromatic nitrogens is 1. The zero-order chi connectivity index (χ0) is 18.4. The first-order valence-electron chi connectivity index (χ1n) is 7.45. The third kappa shape index (κ3) is 5.34. The predicted molar refractivity (Wildman–Crippen MR) is 94.9 cm³/mol. The van der Waals surface area contributed by atoms with Crippen LogP contribution in [0.4, 0.5) is 5.13 Å². The van der Waals surface area contributed by atoms with Gasteiger partial charge in [-0.3, -0.25) is 14.9 Å². The number of amides is 2. The number of nitrogens with two attached hydrogens (primary N) is 1. The number of nitrogens with zero attached hydrogens (tertiary/aromatic N) is 1. The number of hydrogen-bond donors (Lipinski definition) is 3. The molecule has 2 amide bonds. The van der Waals surface area contributed by atoms with Crippen molar-refractivity contribution < 1.29 is 18.0 Å². The molecule has 2 rings (SSSR count). The third-order valence-electron chi connectivity index (χ3n) is 3.08. The Morgan fingerprint density at radius 1 is 1.32 bits per heavy atom. The molecule has 0 atom stereocenters. The van der Waals surface area contributed by atoms with Crippen LogP contribution in [0.25, 0.3) is 0 Å². The molecule has 25 heavy (non-hydrogen) atoms. The second kappa shape index (κ2) is 8.19. The van der Waals surface area contributed by atoms with Crippen LogP contribution in [-0.4, -0.2) is 31.8 Å². The van der Waals surface area contributed by atoms with E-state index in [0.29, 0.717) is 23.8 Å². The quantitative estimate of drug-likeness (QED) is 0.629. The maximum Gasteiger partial charge on any atom is 0.257 e. The first-order valence-corrected chi connectivity index (χ1v) is 9.82. The van der Waals surface area contributed by atoms with Gasteiger partial charge in [0.1, 0.15) is 0 Å². The summed E-state index contributed by atoms with van der Waals surface area (Å²) in [6.45, 7) is 2.17. The van der Waals surface area contributed by atoms with Gasteiger partial charge < -0.3 is 5.73 Å². The molecule has 1 aromatic carbocycles. The topological polar surface area (TPSA) is 131 Å².